The average Bonchev–Trinajstić information content (AvgIpc) is 2.78. The second kappa shape index (κ2) is 8.67. The molecule has 2 aromatic heterocycles. The molecule has 2 nitrogen and oxygen atoms in total. The van der Waals surface area contributed by atoms with Gasteiger partial charge in [0.1, 0.15) is 11.6 Å². The van der Waals surface area contributed by atoms with Crippen molar-refractivity contribution in [1.82, 2.24) is 9.97 Å². The van der Waals surface area contributed by atoms with Crippen molar-refractivity contribution in [3.63, 3.8) is 0 Å². The first kappa shape index (κ1) is 25.2. The normalized spacial score (nSPS) is 15.1. The molecule has 0 N–H and O–H groups in total. The predicted molar refractivity (Wildman–Crippen MR) is 121 cm³/mol. The average molecular weight is 656 g/mol. The third kappa shape index (κ3) is 4.02. The summed E-state index contributed by atoms with van der Waals surface area (Å²) in [4.78, 5) is 8.97. The van der Waals surface area contributed by atoms with E-state index >= 15 is 8.78 Å². The van der Waals surface area contributed by atoms with Gasteiger partial charge in [-0.25, -0.2) is 8.78 Å². The molecule has 0 fully saturated rings. The summed E-state index contributed by atoms with van der Waals surface area (Å²) < 4.78 is 60.0. The molecule has 0 unspecified atom stereocenters. The van der Waals surface area contributed by atoms with Crippen molar-refractivity contribution in [1.29, 1.82) is 0 Å². The fraction of sp³-hybridized carbons (Fsp3) is 0.214. The summed E-state index contributed by atoms with van der Waals surface area (Å²) in [6.07, 6.45) is 0. The van der Waals surface area contributed by atoms with Gasteiger partial charge in [0.15, 0.2) is 0 Å². The predicted octanol–water partition coefficient (Wildman–Crippen LogP) is 6.93. The maximum atomic E-state index is 15.1. The van der Waals surface area contributed by atoms with Gasteiger partial charge in [0.05, 0.1) is 5.69 Å². The zero-order chi connectivity index (χ0) is 24.4. The summed E-state index contributed by atoms with van der Waals surface area (Å²) in [5.74, 6) is -3.54. The molecule has 0 saturated carbocycles. The van der Waals surface area contributed by atoms with Gasteiger partial charge < -0.3 is 4.98 Å². The van der Waals surface area contributed by atoms with Gasteiger partial charge in [-0.2, -0.15) is 0 Å². The van der Waals surface area contributed by atoms with Crippen LogP contribution in [0.5, 0.6) is 0 Å². The number of nitrogens with zero attached hydrogens (tertiary/aromatic N) is 2. The molecule has 0 atom stereocenters. The van der Waals surface area contributed by atoms with Crippen LogP contribution < -0.4 is 0 Å². The van der Waals surface area contributed by atoms with E-state index in [0.717, 1.165) is 12.1 Å². The SMILES string of the molecule is CC1(C)c2[c-]c(ccc2)-c2nc(c(F)cc2F)C(C)(C)c2[c-]c(c(F)cc2F)-c2cccc1n2.[Pt+2]. The van der Waals surface area contributed by atoms with Crippen molar-refractivity contribution in [2.24, 2.45) is 0 Å². The topological polar surface area (TPSA) is 25.8 Å². The molecule has 0 spiro atoms. The van der Waals surface area contributed by atoms with Gasteiger partial charge in [-0.3, -0.25) is 13.8 Å². The monoisotopic (exact) mass is 655 g/mol. The maximum Gasteiger partial charge on any atom is 2.00 e. The fourth-order valence-corrected chi connectivity index (χ4v) is 4.39. The molecule has 4 aromatic rings. The van der Waals surface area contributed by atoms with Gasteiger partial charge in [0, 0.05) is 39.9 Å². The van der Waals surface area contributed by atoms with Crippen molar-refractivity contribution in [2.45, 2.75) is 38.5 Å². The second-order valence-corrected chi connectivity index (χ2v) is 9.50. The molecule has 0 aliphatic carbocycles. The standard InChI is InChI=1S/C28H20F4N2.Pt/c1-27(2)16-8-5-7-15(11-16)25-21(31)14-22(32)26(34-25)28(3,4)18-12-17(19(29)13-20(18)30)23-9-6-10-24(27)33-23;/h5-10,13-14H,1-4H3;/q-2;+2. The molecule has 5 rings (SSSR count). The van der Waals surface area contributed by atoms with E-state index in [-0.39, 0.29) is 49.3 Å². The minimum atomic E-state index is -1.41. The van der Waals surface area contributed by atoms with Crippen molar-refractivity contribution in [2.75, 3.05) is 0 Å². The molecule has 1 aliphatic heterocycles. The van der Waals surface area contributed by atoms with Crippen LogP contribution in [0.2, 0.25) is 0 Å². The molecule has 0 saturated heterocycles. The van der Waals surface area contributed by atoms with E-state index in [1.165, 1.54) is 13.8 Å². The molecule has 1 aliphatic rings. The van der Waals surface area contributed by atoms with E-state index < -0.39 is 34.1 Å². The number of fused-ring (bicyclic) bond motifs is 10. The Balaban J connectivity index is 0.00000289. The molecular formula is C28H20F4N2Pt. The molecule has 35 heavy (non-hydrogen) atoms. The van der Waals surface area contributed by atoms with Crippen molar-refractivity contribution < 1.29 is 38.6 Å². The number of hydrogen-bond acceptors (Lipinski definition) is 2. The first-order valence-electron chi connectivity index (χ1n) is 10.8. The van der Waals surface area contributed by atoms with Gasteiger partial charge in [-0.05, 0) is 11.8 Å². The molecular weight excluding hydrogens is 635 g/mol. The van der Waals surface area contributed by atoms with Crippen molar-refractivity contribution >= 4 is 0 Å². The first-order chi connectivity index (χ1) is 16.0. The third-order valence-corrected chi connectivity index (χ3v) is 6.50. The Morgan fingerprint density at radius 3 is 2.14 bits per heavy atom. The largest absolute Gasteiger partial charge is 2.00 e. The zero-order valence-corrected chi connectivity index (χ0v) is 21.6. The molecule has 0 amide bonds. The van der Waals surface area contributed by atoms with E-state index in [1.54, 1.807) is 30.3 Å². The number of benzene rings is 2. The van der Waals surface area contributed by atoms with Gasteiger partial charge in [-0.1, -0.05) is 57.0 Å². The van der Waals surface area contributed by atoms with E-state index in [2.05, 4.69) is 22.1 Å². The Morgan fingerprint density at radius 2 is 1.40 bits per heavy atom. The summed E-state index contributed by atoms with van der Waals surface area (Å²) in [6.45, 7) is 6.91. The summed E-state index contributed by atoms with van der Waals surface area (Å²) in [6, 6.07) is 17.8. The Hall–Kier alpha value is -2.85. The number of pyridine rings is 2. The minimum Gasteiger partial charge on any atom is -0.300 e. The number of halogens is 4. The van der Waals surface area contributed by atoms with Crippen LogP contribution in [0.3, 0.4) is 0 Å². The van der Waals surface area contributed by atoms with Gasteiger partial charge >= 0.3 is 21.1 Å². The summed E-state index contributed by atoms with van der Waals surface area (Å²) >= 11 is 0. The Kier molecular flexibility index (Phi) is 6.25. The number of aromatic nitrogens is 2. The van der Waals surface area contributed by atoms with Crippen LogP contribution in [0.1, 0.15) is 50.2 Å². The van der Waals surface area contributed by atoms with E-state index in [0.29, 0.717) is 16.8 Å². The van der Waals surface area contributed by atoms with E-state index in [9.17, 15) is 8.78 Å². The van der Waals surface area contributed by atoms with Crippen LogP contribution in [0, 0.1) is 35.4 Å². The van der Waals surface area contributed by atoms with Crippen molar-refractivity contribution in [3.05, 3.63) is 106 Å². The summed E-state index contributed by atoms with van der Waals surface area (Å²) in [7, 11) is 0. The Morgan fingerprint density at radius 1 is 0.714 bits per heavy atom. The van der Waals surface area contributed by atoms with Crippen LogP contribution in [-0.2, 0) is 31.9 Å². The minimum absolute atomic E-state index is 0. The van der Waals surface area contributed by atoms with Crippen LogP contribution in [0.4, 0.5) is 17.6 Å². The maximum absolute atomic E-state index is 15.1. The molecule has 7 heteroatoms. The zero-order valence-electron chi connectivity index (χ0n) is 19.3. The third-order valence-electron chi connectivity index (χ3n) is 6.50. The molecule has 0 radical (unpaired) electrons. The van der Waals surface area contributed by atoms with Crippen LogP contribution >= 0.6 is 0 Å². The molecule has 2 aromatic carbocycles. The Labute approximate surface area is 215 Å². The smallest absolute Gasteiger partial charge is 0.300 e. The van der Waals surface area contributed by atoms with Crippen LogP contribution in [0.15, 0.2) is 48.5 Å². The van der Waals surface area contributed by atoms with Crippen LogP contribution in [-0.4, -0.2) is 9.97 Å². The number of hydrogen-bond donors (Lipinski definition) is 0. The molecule has 8 bridgehead atoms. The Bertz CT molecular complexity index is 1360. The fourth-order valence-electron chi connectivity index (χ4n) is 4.39. The molecule has 3 heterocycles. The quantitative estimate of drug-likeness (QED) is 0.152. The number of rotatable bonds is 0. The van der Waals surface area contributed by atoms with Gasteiger partial charge in [-0.15, -0.1) is 41.5 Å². The van der Waals surface area contributed by atoms with Crippen molar-refractivity contribution in [3.8, 4) is 22.5 Å². The summed E-state index contributed by atoms with van der Waals surface area (Å²) in [5.41, 5.74) is -0.639. The summed E-state index contributed by atoms with van der Waals surface area (Å²) in [5, 5.41) is 0. The van der Waals surface area contributed by atoms with E-state index in [4.69, 9.17) is 0 Å². The molecule has 180 valence electrons. The van der Waals surface area contributed by atoms with Gasteiger partial charge in [0.2, 0.25) is 0 Å². The van der Waals surface area contributed by atoms with E-state index in [1.807, 2.05) is 19.9 Å². The second-order valence-electron chi connectivity index (χ2n) is 9.50. The first-order valence-corrected chi connectivity index (χ1v) is 10.8. The van der Waals surface area contributed by atoms with Gasteiger partial charge in [0.25, 0.3) is 0 Å². The van der Waals surface area contributed by atoms with Crippen LogP contribution in [0.25, 0.3) is 22.5 Å².